The Labute approximate surface area is 111 Å². The van der Waals surface area contributed by atoms with Crippen LogP contribution >= 0.6 is 15.9 Å². The minimum Gasteiger partial charge on any atom is -0.478 e. The number of hydrogen-bond donors (Lipinski definition) is 2. The molecule has 0 spiro atoms. The number of nitrogens with zero attached hydrogens (tertiary/aromatic N) is 1. The summed E-state index contributed by atoms with van der Waals surface area (Å²) in [7, 11) is 0. The number of hydrogen-bond acceptors (Lipinski definition) is 4. The highest BCUT2D eigenvalue weighted by Gasteiger charge is 2.25. The van der Waals surface area contributed by atoms with Crippen LogP contribution in [0, 0.1) is 0 Å². The molecular formula is C11H9BrN2O4. The van der Waals surface area contributed by atoms with Gasteiger partial charge in [-0.3, -0.25) is 14.9 Å². The molecule has 1 aromatic rings. The fourth-order valence-corrected chi connectivity index (χ4v) is 2.12. The van der Waals surface area contributed by atoms with Gasteiger partial charge in [0.05, 0.1) is 24.3 Å². The second-order valence-corrected chi connectivity index (χ2v) is 4.71. The van der Waals surface area contributed by atoms with E-state index in [-0.39, 0.29) is 18.7 Å². The molecular weight excluding hydrogens is 304 g/mol. The molecule has 1 fully saturated rings. The zero-order valence-corrected chi connectivity index (χ0v) is 10.7. The smallest absolute Gasteiger partial charge is 0.337 e. The fourth-order valence-electron chi connectivity index (χ4n) is 1.76. The molecule has 0 saturated carbocycles. The highest BCUT2D eigenvalue weighted by molar-refractivity contribution is 9.10. The zero-order chi connectivity index (χ0) is 13.3. The number of amides is 2. The Balaban J connectivity index is 2.41. The highest BCUT2D eigenvalue weighted by Crippen LogP contribution is 2.25. The number of piperazine rings is 1. The number of benzene rings is 1. The SMILES string of the molecule is O=C1CN(c2ccc(Br)cc2C(=O)O)CC(=O)N1. The second kappa shape index (κ2) is 4.77. The van der Waals surface area contributed by atoms with Crippen molar-refractivity contribution in [3.8, 4) is 0 Å². The first kappa shape index (κ1) is 12.6. The van der Waals surface area contributed by atoms with E-state index in [4.69, 9.17) is 5.11 Å². The molecule has 1 heterocycles. The summed E-state index contributed by atoms with van der Waals surface area (Å²) in [5.41, 5.74) is 0.403. The molecule has 0 unspecified atom stereocenters. The third-order valence-electron chi connectivity index (χ3n) is 2.48. The van der Waals surface area contributed by atoms with Crippen LogP contribution in [0.5, 0.6) is 0 Å². The summed E-state index contributed by atoms with van der Waals surface area (Å²) in [6.45, 7) is -0.0682. The van der Waals surface area contributed by atoms with Gasteiger partial charge in [-0.2, -0.15) is 0 Å². The quantitative estimate of drug-likeness (QED) is 0.781. The summed E-state index contributed by atoms with van der Waals surface area (Å²) in [5, 5.41) is 11.3. The molecule has 2 N–H and O–H groups in total. The maximum atomic E-state index is 11.3. The highest BCUT2D eigenvalue weighted by atomic mass is 79.9. The van der Waals surface area contributed by atoms with Crippen LogP contribution in [-0.4, -0.2) is 36.0 Å². The van der Waals surface area contributed by atoms with E-state index in [2.05, 4.69) is 21.2 Å². The maximum absolute atomic E-state index is 11.3. The summed E-state index contributed by atoms with van der Waals surface area (Å²) >= 11 is 3.18. The van der Waals surface area contributed by atoms with E-state index in [1.54, 1.807) is 12.1 Å². The van der Waals surface area contributed by atoms with E-state index in [0.717, 1.165) is 0 Å². The van der Waals surface area contributed by atoms with E-state index in [1.807, 2.05) is 0 Å². The van der Waals surface area contributed by atoms with Gasteiger partial charge >= 0.3 is 5.97 Å². The van der Waals surface area contributed by atoms with Crippen molar-refractivity contribution in [3.63, 3.8) is 0 Å². The lowest BCUT2D eigenvalue weighted by atomic mass is 10.1. The molecule has 7 heteroatoms. The summed E-state index contributed by atoms with van der Waals surface area (Å²) in [6.07, 6.45) is 0. The molecule has 1 saturated heterocycles. The van der Waals surface area contributed by atoms with Crippen LogP contribution in [0.1, 0.15) is 10.4 Å². The predicted octanol–water partition coefficient (Wildman–Crippen LogP) is 0.610. The average molecular weight is 313 g/mol. The Morgan fingerprint density at radius 2 is 1.89 bits per heavy atom. The van der Waals surface area contributed by atoms with Crippen molar-refractivity contribution in [2.75, 3.05) is 18.0 Å². The first-order valence-electron chi connectivity index (χ1n) is 5.08. The van der Waals surface area contributed by atoms with Crippen LogP contribution in [0.4, 0.5) is 5.69 Å². The fraction of sp³-hybridized carbons (Fsp3) is 0.182. The molecule has 2 rings (SSSR count). The van der Waals surface area contributed by atoms with Crippen molar-refractivity contribution < 1.29 is 19.5 Å². The van der Waals surface area contributed by atoms with Crippen LogP contribution in [0.15, 0.2) is 22.7 Å². The summed E-state index contributed by atoms with van der Waals surface area (Å²) in [6, 6.07) is 4.67. The molecule has 2 amide bonds. The van der Waals surface area contributed by atoms with Gasteiger partial charge in [0.25, 0.3) is 0 Å². The monoisotopic (exact) mass is 312 g/mol. The van der Waals surface area contributed by atoms with Crippen LogP contribution in [0.2, 0.25) is 0 Å². The average Bonchev–Trinajstić information content (AvgIpc) is 2.27. The van der Waals surface area contributed by atoms with Gasteiger partial charge in [0, 0.05) is 4.47 Å². The number of anilines is 1. The van der Waals surface area contributed by atoms with E-state index < -0.39 is 17.8 Å². The lowest BCUT2D eigenvalue weighted by molar-refractivity contribution is -0.130. The predicted molar refractivity (Wildman–Crippen MR) is 66.5 cm³/mol. The van der Waals surface area contributed by atoms with Gasteiger partial charge in [0.15, 0.2) is 0 Å². The van der Waals surface area contributed by atoms with Gasteiger partial charge in [-0.05, 0) is 18.2 Å². The number of nitrogens with one attached hydrogen (secondary N) is 1. The summed E-state index contributed by atoms with van der Waals surface area (Å²) in [4.78, 5) is 35.1. The normalized spacial score (nSPS) is 15.5. The van der Waals surface area contributed by atoms with E-state index in [0.29, 0.717) is 10.2 Å². The van der Waals surface area contributed by atoms with Crippen LogP contribution < -0.4 is 10.2 Å². The van der Waals surface area contributed by atoms with Crippen molar-refractivity contribution in [2.24, 2.45) is 0 Å². The molecule has 0 atom stereocenters. The van der Waals surface area contributed by atoms with Gasteiger partial charge < -0.3 is 10.0 Å². The van der Waals surface area contributed by atoms with Gasteiger partial charge in [-0.1, -0.05) is 15.9 Å². The first-order chi connectivity index (χ1) is 8.47. The Hall–Kier alpha value is -1.89. The van der Waals surface area contributed by atoms with Crippen molar-refractivity contribution in [1.82, 2.24) is 5.32 Å². The minimum atomic E-state index is -1.11. The number of rotatable bonds is 2. The third kappa shape index (κ3) is 2.51. The molecule has 1 aliphatic heterocycles. The number of imide groups is 1. The van der Waals surface area contributed by atoms with E-state index in [9.17, 15) is 14.4 Å². The topological polar surface area (TPSA) is 86.7 Å². The molecule has 6 nitrogen and oxygen atoms in total. The summed E-state index contributed by atoms with van der Waals surface area (Å²) in [5.74, 6) is -1.99. The Bertz CT molecular complexity index is 528. The molecule has 0 bridgehead atoms. The molecule has 0 aromatic heterocycles. The first-order valence-corrected chi connectivity index (χ1v) is 5.87. The second-order valence-electron chi connectivity index (χ2n) is 3.79. The van der Waals surface area contributed by atoms with E-state index >= 15 is 0 Å². The Kier molecular flexibility index (Phi) is 3.33. The Morgan fingerprint density at radius 3 is 2.44 bits per heavy atom. The van der Waals surface area contributed by atoms with Gasteiger partial charge in [0.2, 0.25) is 11.8 Å². The lowest BCUT2D eigenvalue weighted by Crippen LogP contribution is -2.51. The van der Waals surface area contributed by atoms with Gasteiger partial charge in [-0.25, -0.2) is 4.79 Å². The van der Waals surface area contributed by atoms with Crippen molar-refractivity contribution in [3.05, 3.63) is 28.2 Å². The number of aromatic carboxylic acids is 1. The molecule has 94 valence electrons. The van der Waals surface area contributed by atoms with Crippen LogP contribution in [-0.2, 0) is 9.59 Å². The lowest BCUT2D eigenvalue weighted by Gasteiger charge is -2.28. The molecule has 0 aliphatic carbocycles. The van der Waals surface area contributed by atoms with Crippen molar-refractivity contribution >= 4 is 39.4 Å². The summed E-state index contributed by atoms with van der Waals surface area (Å²) < 4.78 is 0.622. The molecule has 0 radical (unpaired) electrons. The number of carbonyl (C=O) groups excluding carboxylic acids is 2. The zero-order valence-electron chi connectivity index (χ0n) is 9.14. The third-order valence-corrected chi connectivity index (χ3v) is 2.97. The maximum Gasteiger partial charge on any atom is 0.337 e. The largest absolute Gasteiger partial charge is 0.478 e. The molecule has 1 aromatic carbocycles. The Morgan fingerprint density at radius 1 is 1.28 bits per heavy atom. The van der Waals surface area contributed by atoms with E-state index in [1.165, 1.54) is 11.0 Å². The van der Waals surface area contributed by atoms with Gasteiger partial charge in [-0.15, -0.1) is 0 Å². The number of halogens is 1. The van der Waals surface area contributed by atoms with Crippen molar-refractivity contribution in [2.45, 2.75) is 0 Å². The van der Waals surface area contributed by atoms with Gasteiger partial charge in [0.1, 0.15) is 0 Å². The van der Waals surface area contributed by atoms with Crippen molar-refractivity contribution in [1.29, 1.82) is 0 Å². The number of carboxylic acid groups (broad SMARTS) is 1. The minimum absolute atomic E-state index is 0.0341. The standard InChI is InChI=1S/C11H9BrN2O4/c12-6-1-2-8(7(3-6)11(17)18)14-4-9(15)13-10(16)5-14/h1-3H,4-5H2,(H,17,18)(H,13,15,16). The van der Waals surface area contributed by atoms with Crippen LogP contribution in [0.25, 0.3) is 0 Å². The van der Waals surface area contributed by atoms with Crippen LogP contribution in [0.3, 0.4) is 0 Å². The number of carboxylic acids is 1. The molecule has 1 aliphatic rings. The molecule has 18 heavy (non-hydrogen) atoms. The number of carbonyl (C=O) groups is 3.